The third-order valence-corrected chi connectivity index (χ3v) is 1.98. The minimum absolute atomic E-state index is 0.188. The lowest BCUT2D eigenvalue weighted by Gasteiger charge is -2.21. The summed E-state index contributed by atoms with van der Waals surface area (Å²) < 4.78 is 0. The third-order valence-electron chi connectivity index (χ3n) is 1.98. The summed E-state index contributed by atoms with van der Waals surface area (Å²) in [4.78, 5) is 16.4. The molecule has 0 spiro atoms. The first-order chi connectivity index (χ1) is 7.02. The Morgan fingerprint density at radius 3 is 2.87 bits per heavy atom. The number of aliphatic hydroxyl groups excluding tert-OH is 1. The van der Waals surface area contributed by atoms with Crippen LogP contribution in [-0.2, 0) is 0 Å². The molecule has 0 amide bonds. The Labute approximate surface area is 88.0 Å². The lowest BCUT2D eigenvalue weighted by Crippen LogP contribution is -2.28. The highest BCUT2D eigenvalue weighted by molar-refractivity contribution is 5.94. The minimum Gasteiger partial charge on any atom is -0.478 e. The number of aromatic carboxylic acids is 1. The minimum atomic E-state index is -0.996. The SMILES string of the molecule is CC(O)CN(C)c1cnccc1C(=O)O. The molecule has 0 aliphatic heterocycles. The Kier molecular flexibility index (Phi) is 3.62. The first-order valence-corrected chi connectivity index (χ1v) is 4.59. The van der Waals surface area contributed by atoms with E-state index < -0.39 is 12.1 Å². The number of anilines is 1. The van der Waals surface area contributed by atoms with Gasteiger partial charge in [0, 0.05) is 19.8 Å². The first kappa shape index (κ1) is 11.5. The van der Waals surface area contributed by atoms with Crippen LogP contribution in [0.1, 0.15) is 17.3 Å². The van der Waals surface area contributed by atoms with Gasteiger partial charge in [-0.25, -0.2) is 4.79 Å². The quantitative estimate of drug-likeness (QED) is 0.761. The molecule has 5 heteroatoms. The topological polar surface area (TPSA) is 73.7 Å². The number of rotatable bonds is 4. The van der Waals surface area contributed by atoms with E-state index in [1.807, 2.05) is 0 Å². The maximum absolute atomic E-state index is 10.9. The maximum atomic E-state index is 10.9. The number of aromatic nitrogens is 1. The molecule has 82 valence electrons. The van der Waals surface area contributed by atoms with Gasteiger partial charge in [0.1, 0.15) is 0 Å². The fourth-order valence-electron chi connectivity index (χ4n) is 1.37. The van der Waals surface area contributed by atoms with E-state index in [1.165, 1.54) is 18.5 Å². The van der Waals surface area contributed by atoms with Crippen molar-refractivity contribution in [2.75, 3.05) is 18.5 Å². The summed E-state index contributed by atoms with van der Waals surface area (Å²) in [5.74, 6) is -0.996. The molecule has 1 unspecified atom stereocenters. The molecule has 5 nitrogen and oxygen atoms in total. The van der Waals surface area contributed by atoms with Crippen LogP contribution in [-0.4, -0.2) is 40.9 Å². The van der Waals surface area contributed by atoms with Gasteiger partial charge in [0.15, 0.2) is 0 Å². The molecule has 0 saturated carbocycles. The number of likely N-dealkylation sites (N-methyl/N-ethyl adjacent to an activating group) is 1. The molecule has 0 bridgehead atoms. The molecule has 0 radical (unpaired) electrons. The normalized spacial score (nSPS) is 12.2. The van der Waals surface area contributed by atoms with Crippen LogP contribution in [0.3, 0.4) is 0 Å². The zero-order chi connectivity index (χ0) is 11.4. The second-order valence-electron chi connectivity index (χ2n) is 3.43. The van der Waals surface area contributed by atoms with Crippen LogP contribution in [0.25, 0.3) is 0 Å². The second kappa shape index (κ2) is 4.75. The summed E-state index contributed by atoms with van der Waals surface area (Å²) in [6.07, 6.45) is 2.39. The van der Waals surface area contributed by atoms with Crippen molar-refractivity contribution in [3.05, 3.63) is 24.0 Å². The summed E-state index contributed by atoms with van der Waals surface area (Å²) in [5.41, 5.74) is 0.694. The Bertz CT molecular complexity index is 352. The van der Waals surface area contributed by atoms with E-state index in [0.717, 1.165) is 0 Å². The molecule has 1 rings (SSSR count). The summed E-state index contributed by atoms with van der Waals surface area (Å²) >= 11 is 0. The van der Waals surface area contributed by atoms with Gasteiger partial charge in [0.2, 0.25) is 0 Å². The number of carboxylic acid groups (broad SMARTS) is 1. The van der Waals surface area contributed by atoms with Crippen LogP contribution >= 0.6 is 0 Å². The Morgan fingerprint density at radius 1 is 1.67 bits per heavy atom. The number of aliphatic hydroxyl groups is 1. The van der Waals surface area contributed by atoms with Crippen molar-refractivity contribution in [3.63, 3.8) is 0 Å². The molecule has 0 aromatic carbocycles. The van der Waals surface area contributed by atoms with Crippen molar-refractivity contribution in [1.82, 2.24) is 4.98 Å². The largest absolute Gasteiger partial charge is 0.478 e. The summed E-state index contributed by atoms with van der Waals surface area (Å²) in [5, 5.41) is 18.1. The third kappa shape index (κ3) is 2.92. The molecule has 15 heavy (non-hydrogen) atoms. The van der Waals surface area contributed by atoms with Crippen LogP contribution in [0, 0.1) is 0 Å². The average Bonchev–Trinajstić information content (AvgIpc) is 2.16. The average molecular weight is 210 g/mol. The smallest absolute Gasteiger partial charge is 0.337 e. The van der Waals surface area contributed by atoms with Crippen molar-refractivity contribution in [3.8, 4) is 0 Å². The van der Waals surface area contributed by atoms with Gasteiger partial charge in [-0.3, -0.25) is 4.98 Å². The molecule has 0 aliphatic rings. The first-order valence-electron chi connectivity index (χ1n) is 4.59. The van der Waals surface area contributed by atoms with Crippen LogP contribution in [0.4, 0.5) is 5.69 Å². The molecule has 1 heterocycles. The van der Waals surface area contributed by atoms with E-state index in [4.69, 9.17) is 5.11 Å². The lowest BCUT2D eigenvalue weighted by atomic mass is 10.2. The van der Waals surface area contributed by atoms with Crippen molar-refractivity contribution >= 4 is 11.7 Å². The molecule has 1 aromatic rings. The molecular formula is C10H14N2O3. The molecule has 2 N–H and O–H groups in total. The number of carbonyl (C=O) groups is 1. The monoisotopic (exact) mass is 210 g/mol. The van der Waals surface area contributed by atoms with Gasteiger partial charge in [-0.15, -0.1) is 0 Å². The fourth-order valence-corrected chi connectivity index (χ4v) is 1.37. The van der Waals surface area contributed by atoms with Crippen molar-refractivity contribution in [2.45, 2.75) is 13.0 Å². The summed E-state index contributed by atoms with van der Waals surface area (Å²) in [7, 11) is 1.72. The van der Waals surface area contributed by atoms with Gasteiger partial charge in [-0.2, -0.15) is 0 Å². The van der Waals surface area contributed by atoms with E-state index in [9.17, 15) is 9.90 Å². The highest BCUT2D eigenvalue weighted by Crippen LogP contribution is 2.17. The predicted octanol–water partition coefficient (Wildman–Crippen LogP) is 0.597. The van der Waals surface area contributed by atoms with Crippen molar-refractivity contribution < 1.29 is 15.0 Å². The molecular weight excluding hydrogens is 196 g/mol. The molecule has 0 saturated heterocycles. The van der Waals surface area contributed by atoms with Crippen LogP contribution in [0.5, 0.6) is 0 Å². The van der Waals surface area contributed by atoms with Crippen LogP contribution in [0.15, 0.2) is 18.5 Å². The van der Waals surface area contributed by atoms with E-state index in [1.54, 1.807) is 18.9 Å². The van der Waals surface area contributed by atoms with Gasteiger partial charge in [0.05, 0.1) is 23.6 Å². The number of hydrogen-bond acceptors (Lipinski definition) is 4. The van der Waals surface area contributed by atoms with Crippen molar-refractivity contribution in [2.24, 2.45) is 0 Å². The van der Waals surface area contributed by atoms with E-state index in [2.05, 4.69) is 4.98 Å². The van der Waals surface area contributed by atoms with Gasteiger partial charge < -0.3 is 15.1 Å². The summed E-state index contributed by atoms with van der Waals surface area (Å²) in [6.45, 7) is 2.01. The molecule has 1 aromatic heterocycles. The van der Waals surface area contributed by atoms with E-state index >= 15 is 0 Å². The van der Waals surface area contributed by atoms with Crippen LogP contribution in [0.2, 0.25) is 0 Å². The second-order valence-corrected chi connectivity index (χ2v) is 3.43. The number of hydrogen-bond donors (Lipinski definition) is 2. The standard InChI is InChI=1S/C10H14N2O3/c1-7(13)6-12(2)9-5-11-4-3-8(9)10(14)15/h3-5,7,13H,6H2,1-2H3,(H,14,15). The number of nitrogens with zero attached hydrogens (tertiary/aromatic N) is 2. The zero-order valence-corrected chi connectivity index (χ0v) is 8.71. The van der Waals surface area contributed by atoms with Gasteiger partial charge in [0.25, 0.3) is 0 Å². The molecule has 1 atom stereocenters. The predicted molar refractivity (Wildman–Crippen MR) is 56.1 cm³/mol. The number of carboxylic acids is 1. The maximum Gasteiger partial charge on any atom is 0.337 e. The van der Waals surface area contributed by atoms with Gasteiger partial charge >= 0.3 is 5.97 Å². The van der Waals surface area contributed by atoms with E-state index in [0.29, 0.717) is 12.2 Å². The van der Waals surface area contributed by atoms with Crippen molar-refractivity contribution in [1.29, 1.82) is 0 Å². The zero-order valence-electron chi connectivity index (χ0n) is 8.71. The van der Waals surface area contributed by atoms with Gasteiger partial charge in [-0.1, -0.05) is 0 Å². The van der Waals surface area contributed by atoms with E-state index in [-0.39, 0.29) is 5.56 Å². The number of pyridine rings is 1. The molecule has 0 fully saturated rings. The Balaban J connectivity index is 2.97. The highest BCUT2D eigenvalue weighted by Gasteiger charge is 2.14. The van der Waals surface area contributed by atoms with Gasteiger partial charge in [-0.05, 0) is 13.0 Å². The Hall–Kier alpha value is -1.62. The summed E-state index contributed by atoms with van der Waals surface area (Å²) in [6, 6.07) is 1.44. The lowest BCUT2D eigenvalue weighted by molar-refractivity contribution is 0.0697. The fraction of sp³-hybridized carbons (Fsp3) is 0.400. The molecule has 0 aliphatic carbocycles. The highest BCUT2D eigenvalue weighted by atomic mass is 16.4. The van der Waals surface area contributed by atoms with Crippen LogP contribution < -0.4 is 4.90 Å². The Morgan fingerprint density at radius 2 is 2.33 bits per heavy atom.